The van der Waals surface area contributed by atoms with Crippen LogP contribution in [-0.2, 0) is 28.6 Å². The first-order valence-electron chi connectivity index (χ1n) is 22.3. The molecule has 0 aliphatic rings. The standard InChI is InChI=1S/C48H82O6/c1-4-7-10-13-16-19-21-23-24-25-27-29-32-35-38-41-47(50)53-44-45(43-52-46(49)40-37-34-31-28-18-15-12-9-6-3)54-48(51)42-39-36-33-30-26-22-20-17-14-11-8-5-2/h8,11,17,19-21,26,28,30-31,45H,4-7,9-10,12-16,18,22-25,27,29,32-44H2,1-3H3/b11-8-,20-17-,21-19-,30-26-,31-28-. The fourth-order valence-electron chi connectivity index (χ4n) is 5.86. The normalized spacial score (nSPS) is 12.6. The van der Waals surface area contributed by atoms with Gasteiger partial charge in [0.2, 0.25) is 0 Å². The van der Waals surface area contributed by atoms with Gasteiger partial charge in [0.15, 0.2) is 6.10 Å². The fourth-order valence-corrected chi connectivity index (χ4v) is 5.86. The molecule has 0 saturated heterocycles. The Morgan fingerprint density at radius 3 is 1.26 bits per heavy atom. The fraction of sp³-hybridized carbons (Fsp3) is 0.729. The average molecular weight is 755 g/mol. The highest BCUT2D eigenvalue weighted by atomic mass is 16.6. The Hall–Kier alpha value is -2.89. The number of allylic oxidation sites excluding steroid dienone is 10. The zero-order valence-corrected chi connectivity index (χ0v) is 35.2. The smallest absolute Gasteiger partial charge is 0.306 e. The second-order valence-electron chi connectivity index (χ2n) is 14.6. The Morgan fingerprint density at radius 1 is 0.389 bits per heavy atom. The summed E-state index contributed by atoms with van der Waals surface area (Å²) in [4.78, 5) is 37.6. The number of hydrogen-bond acceptors (Lipinski definition) is 6. The van der Waals surface area contributed by atoms with Crippen LogP contribution in [0, 0.1) is 0 Å². The van der Waals surface area contributed by atoms with Crippen LogP contribution in [0.3, 0.4) is 0 Å². The molecule has 0 rings (SSSR count). The van der Waals surface area contributed by atoms with Crippen molar-refractivity contribution in [3.05, 3.63) is 60.8 Å². The number of carbonyl (C=O) groups excluding carboxylic acids is 3. The Morgan fingerprint density at radius 2 is 0.741 bits per heavy atom. The SMILES string of the molecule is CC/C=C\C/C=C\C/C=C\CCCCC(=O)OC(COC(=O)CCC/C=C\CCCCCC)COC(=O)CCCCCCCCC/C=C\CCCCCC. The summed E-state index contributed by atoms with van der Waals surface area (Å²) >= 11 is 0. The lowest BCUT2D eigenvalue weighted by Crippen LogP contribution is -2.30. The molecule has 6 heteroatoms. The van der Waals surface area contributed by atoms with E-state index in [1.165, 1.54) is 89.9 Å². The zero-order valence-electron chi connectivity index (χ0n) is 35.2. The topological polar surface area (TPSA) is 78.9 Å². The molecule has 54 heavy (non-hydrogen) atoms. The van der Waals surface area contributed by atoms with Gasteiger partial charge in [-0.05, 0) is 96.3 Å². The molecular weight excluding hydrogens is 673 g/mol. The van der Waals surface area contributed by atoms with Gasteiger partial charge in [0, 0.05) is 19.3 Å². The number of carbonyl (C=O) groups is 3. The van der Waals surface area contributed by atoms with Crippen LogP contribution in [0.15, 0.2) is 60.8 Å². The largest absolute Gasteiger partial charge is 0.462 e. The molecule has 0 spiro atoms. The number of hydrogen-bond donors (Lipinski definition) is 0. The summed E-state index contributed by atoms with van der Waals surface area (Å²) in [5.74, 6) is -0.988. The van der Waals surface area contributed by atoms with Crippen molar-refractivity contribution < 1.29 is 28.6 Å². The Balaban J connectivity index is 4.43. The molecule has 0 aliphatic carbocycles. The molecule has 0 saturated carbocycles. The van der Waals surface area contributed by atoms with Crippen LogP contribution >= 0.6 is 0 Å². The third-order valence-electron chi connectivity index (χ3n) is 9.23. The first-order valence-corrected chi connectivity index (χ1v) is 22.3. The van der Waals surface area contributed by atoms with Crippen molar-refractivity contribution >= 4 is 17.9 Å². The van der Waals surface area contributed by atoms with Gasteiger partial charge in [-0.25, -0.2) is 0 Å². The van der Waals surface area contributed by atoms with Gasteiger partial charge in [0.25, 0.3) is 0 Å². The molecule has 1 unspecified atom stereocenters. The van der Waals surface area contributed by atoms with E-state index < -0.39 is 6.10 Å². The van der Waals surface area contributed by atoms with Crippen LogP contribution in [-0.4, -0.2) is 37.2 Å². The van der Waals surface area contributed by atoms with Crippen molar-refractivity contribution in [2.45, 2.75) is 213 Å². The Bertz CT molecular complexity index is 1010. The minimum Gasteiger partial charge on any atom is -0.462 e. The lowest BCUT2D eigenvalue weighted by Gasteiger charge is -2.18. The van der Waals surface area contributed by atoms with Gasteiger partial charge in [-0.3, -0.25) is 14.4 Å². The van der Waals surface area contributed by atoms with E-state index in [1.54, 1.807) is 0 Å². The van der Waals surface area contributed by atoms with Gasteiger partial charge in [0.1, 0.15) is 13.2 Å². The lowest BCUT2D eigenvalue weighted by atomic mass is 10.1. The van der Waals surface area contributed by atoms with Crippen LogP contribution in [0.1, 0.15) is 207 Å². The van der Waals surface area contributed by atoms with Gasteiger partial charge in [-0.2, -0.15) is 0 Å². The second-order valence-corrected chi connectivity index (χ2v) is 14.6. The maximum absolute atomic E-state index is 12.7. The molecule has 0 amide bonds. The maximum atomic E-state index is 12.7. The summed E-state index contributed by atoms with van der Waals surface area (Å²) in [7, 11) is 0. The highest BCUT2D eigenvalue weighted by molar-refractivity contribution is 5.71. The molecular formula is C48H82O6. The average Bonchev–Trinajstić information content (AvgIpc) is 3.17. The quantitative estimate of drug-likeness (QED) is 0.0269. The van der Waals surface area contributed by atoms with Gasteiger partial charge in [-0.15, -0.1) is 0 Å². The van der Waals surface area contributed by atoms with E-state index in [0.717, 1.165) is 64.2 Å². The minimum absolute atomic E-state index is 0.101. The van der Waals surface area contributed by atoms with Crippen molar-refractivity contribution in [3.8, 4) is 0 Å². The summed E-state index contributed by atoms with van der Waals surface area (Å²) in [5.41, 5.74) is 0. The van der Waals surface area contributed by atoms with Crippen molar-refractivity contribution in [1.29, 1.82) is 0 Å². The molecule has 1 atom stereocenters. The molecule has 0 bridgehead atoms. The van der Waals surface area contributed by atoms with Gasteiger partial charge < -0.3 is 14.2 Å². The molecule has 6 nitrogen and oxygen atoms in total. The monoisotopic (exact) mass is 755 g/mol. The minimum atomic E-state index is -0.803. The van der Waals surface area contributed by atoms with Crippen LogP contribution in [0.2, 0.25) is 0 Å². The third-order valence-corrected chi connectivity index (χ3v) is 9.23. The van der Waals surface area contributed by atoms with Gasteiger partial charge in [0.05, 0.1) is 0 Å². The van der Waals surface area contributed by atoms with E-state index >= 15 is 0 Å². The predicted molar refractivity (Wildman–Crippen MR) is 228 cm³/mol. The van der Waals surface area contributed by atoms with E-state index in [0.29, 0.717) is 25.7 Å². The summed E-state index contributed by atoms with van der Waals surface area (Å²) in [6.07, 6.45) is 50.7. The maximum Gasteiger partial charge on any atom is 0.306 e. The van der Waals surface area contributed by atoms with Crippen LogP contribution in [0.5, 0.6) is 0 Å². The predicted octanol–water partition coefficient (Wildman–Crippen LogP) is 14.1. The van der Waals surface area contributed by atoms with E-state index in [-0.39, 0.29) is 37.5 Å². The Labute approximate surface area is 332 Å². The lowest BCUT2D eigenvalue weighted by molar-refractivity contribution is -0.167. The van der Waals surface area contributed by atoms with E-state index in [4.69, 9.17) is 14.2 Å². The summed E-state index contributed by atoms with van der Waals surface area (Å²) in [5, 5.41) is 0. The molecule has 0 aromatic carbocycles. The van der Waals surface area contributed by atoms with Crippen molar-refractivity contribution in [3.63, 3.8) is 0 Å². The summed E-state index contributed by atoms with van der Waals surface area (Å²) < 4.78 is 16.6. The van der Waals surface area contributed by atoms with Gasteiger partial charge >= 0.3 is 17.9 Å². The van der Waals surface area contributed by atoms with Crippen molar-refractivity contribution in [1.82, 2.24) is 0 Å². The number of rotatable bonds is 39. The zero-order chi connectivity index (χ0) is 39.4. The molecule has 310 valence electrons. The Kier molecular flexibility index (Phi) is 40.6. The van der Waals surface area contributed by atoms with E-state index in [9.17, 15) is 14.4 Å². The summed E-state index contributed by atoms with van der Waals surface area (Å²) in [6, 6.07) is 0. The first kappa shape index (κ1) is 51.1. The van der Waals surface area contributed by atoms with Crippen molar-refractivity contribution in [2.24, 2.45) is 0 Å². The van der Waals surface area contributed by atoms with E-state index in [2.05, 4.69) is 81.5 Å². The molecule has 0 aliphatic heterocycles. The summed E-state index contributed by atoms with van der Waals surface area (Å²) in [6.45, 7) is 6.39. The highest BCUT2D eigenvalue weighted by Gasteiger charge is 2.19. The molecule has 0 aromatic heterocycles. The second kappa shape index (κ2) is 42.8. The van der Waals surface area contributed by atoms with Crippen LogP contribution in [0.25, 0.3) is 0 Å². The number of ether oxygens (including phenoxy) is 3. The highest BCUT2D eigenvalue weighted by Crippen LogP contribution is 2.12. The molecule has 0 radical (unpaired) electrons. The number of esters is 3. The van der Waals surface area contributed by atoms with Crippen LogP contribution < -0.4 is 0 Å². The molecule has 0 heterocycles. The molecule has 0 N–H and O–H groups in total. The van der Waals surface area contributed by atoms with Crippen LogP contribution in [0.4, 0.5) is 0 Å². The molecule has 0 fully saturated rings. The van der Waals surface area contributed by atoms with Crippen molar-refractivity contribution in [2.75, 3.05) is 13.2 Å². The third kappa shape index (κ3) is 40.3. The first-order chi connectivity index (χ1) is 26.5. The number of unbranched alkanes of at least 4 members (excludes halogenated alkanes) is 18. The van der Waals surface area contributed by atoms with Gasteiger partial charge in [-0.1, -0.05) is 152 Å². The van der Waals surface area contributed by atoms with E-state index in [1.807, 2.05) is 0 Å². The molecule has 0 aromatic rings.